The van der Waals surface area contributed by atoms with Crippen molar-refractivity contribution in [2.24, 2.45) is 0 Å². The molecule has 0 radical (unpaired) electrons. The number of nitrogens with one attached hydrogen (secondary N) is 1. The zero-order valence-corrected chi connectivity index (χ0v) is 12.7. The Morgan fingerprint density at radius 3 is 3.00 bits per heavy atom. The van der Waals surface area contributed by atoms with Crippen LogP contribution in [0.3, 0.4) is 0 Å². The van der Waals surface area contributed by atoms with Gasteiger partial charge in [0.15, 0.2) is 0 Å². The van der Waals surface area contributed by atoms with Crippen molar-refractivity contribution in [2.45, 2.75) is 51.2 Å². The van der Waals surface area contributed by atoms with E-state index in [0.29, 0.717) is 12.1 Å². The van der Waals surface area contributed by atoms with E-state index >= 15 is 0 Å². The van der Waals surface area contributed by atoms with Crippen LogP contribution in [0.4, 0.5) is 0 Å². The molecule has 3 nitrogen and oxygen atoms in total. The van der Waals surface area contributed by atoms with Crippen LogP contribution in [-0.4, -0.2) is 32.4 Å². The zero-order chi connectivity index (χ0) is 14.2. The molecule has 2 atom stereocenters. The van der Waals surface area contributed by atoms with Gasteiger partial charge in [0.1, 0.15) is 5.75 Å². The summed E-state index contributed by atoms with van der Waals surface area (Å²) in [7, 11) is 1.74. The Morgan fingerprint density at radius 2 is 2.20 bits per heavy atom. The molecule has 1 saturated heterocycles. The Balaban J connectivity index is 1.75. The second-order valence-electron chi connectivity index (χ2n) is 5.52. The maximum atomic E-state index is 5.79. The number of methoxy groups -OCH3 is 1. The van der Waals surface area contributed by atoms with Crippen LogP contribution >= 0.6 is 0 Å². The topological polar surface area (TPSA) is 30.5 Å². The van der Waals surface area contributed by atoms with Crippen molar-refractivity contribution in [3.05, 3.63) is 29.8 Å². The average Bonchev–Trinajstić information content (AvgIpc) is 2.48. The van der Waals surface area contributed by atoms with Crippen molar-refractivity contribution in [3.8, 4) is 5.75 Å². The van der Waals surface area contributed by atoms with Gasteiger partial charge in [-0.25, -0.2) is 0 Å². The lowest BCUT2D eigenvalue weighted by atomic mass is 10.00. The molecule has 112 valence electrons. The Hall–Kier alpha value is -1.06. The van der Waals surface area contributed by atoms with Gasteiger partial charge in [-0.3, -0.25) is 0 Å². The van der Waals surface area contributed by atoms with E-state index in [2.05, 4.69) is 24.4 Å². The van der Waals surface area contributed by atoms with Crippen LogP contribution in [0.25, 0.3) is 0 Å². The van der Waals surface area contributed by atoms with Gasteiger partial charge in [-0.05, 0) is 43.9 Å². The smallest absolute Gasteiger partial charge is 0.122 e. The SMILES string of the molecule is CCCC1CC(NCCc2ccccc2OC)CCO1. The van der Waals surface area contributed by atoms with E-state index in [0.717, 1.165) is 38.2 Å². The number of para-hydroxylation sites is 1. The van der Waals surface area contributed by atoms with Crippen LogP contribution in [-0.2, 0) is 11.2 Å². The molecule has 0 aromatic heterocycles. The third-order valence-electron chi connectivity index (χ3n) is 4.00. The van der Waals surface area contributed by atoms with Gasteiger partial charge in [0.2, 0.25) is 0 Å². The summed E-state index contributed by atoms with van der Waals surface area (Å²) >= 11 is 0. The van der Waals surface area contributed by atoms with Gasteiger partial charge in [-0.1, -0.05) is 31.5 Å². The number of hydrogen-bond donors (Lipinski definition) is 1. The fourth-order valence-electron chi connectivity index (χ4n) is 2.91. The average molecular weight is 277 g/mol. The monoisotopic (exact) mass is 277 g/mol. The largest absolute Gasteiger partial charge is 0.496 e. The summed E-state index contributed by atoms with van der Waals surface area (Å²) in [4.78, 5) is 0. The van der Waals surface area contributed by atoms with Crippen molar-refractivity contribution in [1.82, 2.24) is 5.32 Å². The Morgan fingerprint density at radius 1 is 1.35 bits per heavy atom. The Bertz CT molecular complexity index is 392. The lowest BCUT2D eigenvalue weighted by molar-refractivity contribution is -0.00300. The Kier molecular flexibility index (Phi) is 6.34. The summed E-state index contributed by atoms with van der Waals surface area (Å²) in [5, 5.41) is 3.67. The van der Waals surface area contributed by atoms with E-state index in [-0.39, 0.29) is 0 Å². The van der Waals surface area contributed by atoms with Crippen LogP contribution in [0.2, 0.25) is 0 Å². The van der Waals surface area contributed by atoms with E-state index in [1.807, 2.05) is 12.1 Å². The molecule has 3 heteroatoms. The number of ether oxygens (including phenoxy) is 2. The summed E-state index contributed by atoms with van der Waals surface area (Å²) in [6.07, 6.45) is 6.15. The second kappa shape index (κ2) is 8.28. The lowest BCUT2D eigenvalue weighted by Crippen LogP contribution is -2.39. The number of benzene rings is 1. The predicted octanol–water partition coefficient (Wildman–Crippen LogP) is 3.18. The molecule has 2 unspecified atom stereocenters. The minimum absolute atomic E-state index is 0.456. The summed E-state index contributed by atoms with van der Waals surface area (Å²) < 4.78 is 11.2. The molecule has 0 aliphatic carbocycles. The molecule has 1 aromatic rings. The Labute approximate surface area is 122 Å². The maximum Gasteiger partial charge on any atom is 0.122 e. The molecular formula is C17H27NO2. The maximum absolute atomic E-state index is 5.79. The first-order chi connectivity index (χ1) is 9.83. The molecule has 0 spiro atoms. The van der Waals surface area contributed by atoms with Gasteiger partial charge < -0.3 is 14.8 Å². The first-order valence-corrected chi connectivity index (χ1v) is 7.80. The third-order valence-corrected chi connectivity index (χ3v) is 4.00. The van der Waals surface area contributed by atoms with Gasteiger partial charge in [0.25, 0.3) is 0 Å². The van der Waals surface area contributed by atoms with Gasteiger partial charge in [-0.2, -0.15) is 0 Å². The van der Waals surface area contributed by atoms with Gasteiger partial charge in [-0.15, -0.1) is 0 Å². The minimum atomic E-state index is 0.456. The molecule has 0 amide bonds. The third kappa shape index (κ3) is 4.50. The molecule has 20 heavy (non-hydrogen) atoms. The van der Waals surface area contributed by atoms with Gasteiger partial charge >= 0.3 is 0 Å². The standard InChI is InChI=1S/C17H27NO2/c1-3-6-16-13-15(10-12-20-16)18-11-9-14-7-4-5-8-17(14)19-2/h4-5,7-8,15-16,18H,3,6,9-13H2,1-2H3. The molecule has 2 rings (SSSR count). The van der Waals surface area contributed by atoms with Crippen LogP contribution in [0.1, 0.15) is 38.2 Å². The first-order valence-electron chi connectivity index (χ1n) is 7.80. The van der Waals surface area contributed by atoms with Gasteiger partial charge in [0.05, 0.1) is 13.2 Å². The van der Waals surface area contributed by atoms with Crippen molar-refractivity contribution in [3.63, 3.8) is 0 Å². The molecule has 1 aliphatic rings. The second-order valence-corrected chi connectivity index (χ2v) is 5.52. The highest BCUT2D eigenvalue weighted by Crippen LogP contribution is 2.19. The van der Waals surface area contributed by atoms with E-state index in [1.165, 1.54) is 18.4 Å². The van der Waals surface area contributed by atoms with Crippen molar-refractivity contribution < 1.29 is 9.47 Å². The molecule has 0 bridgehead atoms. The summed E-state index contributed by atoms with van der Waals surface area (Å²) in [6.45, 7) is 4.13. The quantitative estimate of drug-likeness (QED) is 0.830. The van der Waals surface area contributed by atoms with Crippen LogP contribution < -0.4 is 10.1 Å². The summed E-state index contributed by atoms with van der Waals surface area (Å²) in [5.41, 5.74) is 1.28. The fourth-order valence-corrected chi connectivity index (χ4v) is 2.91. The van der Waals surface area contributed by atoms with Gasteiger partial charge in [0, 0.05) is 12.6 Å². The molecule has 1 aromatic carbocycles. The van der Waals surface area contributed by atoms with Crippen LogP contribution in [0.5, 0.6) is 5.75 Å². The number of rotatable bonds is 7. The molecule has 1 N–H and O–H groups in total. The van der Waals surface area contributed by atoms with E-state index < -0.39 is 0 Å². The summed E-state index contributed by atoms with van der Waals surface area (Å²) in [6, 6.07) is 8.87. The molecule has 1 aliphatic heterocycles. The summed E-state index contributed by atoms with van der Waals surface area (Å²) in [5.74, 6) is 0.991. The van der Waals surface area contributed by atoms with Crippen LogP contribution in [0, 0.1) is 0 Å². The van der Waals surface area contributed by atoms with E-state index in [4.69, 9.17) is 9.47 Å². The highest BCUT2D eigenvalue weighted by molar-refractivity contribution is 5.33. The normalized spacial score (nSPS) is 22.7. The van der Waals surface area contributed by atoms with Crippen molar-refractivity contribution in [2.75, 3.05) is 20.3 Å². The highest BCUT2D eigenvalue weighted by atomic mass is 16.5. The fraction of sp³-hybridized carbons (Fsp3) is 0.647. The minimum Gasteiger partial charge on any atom is -0.496 e. The molecule has 1 fully saturated rings. The van der Waals surface area contributed by atoms with Crippen LogP contribution in [0.15, 0.2) is 24.3 Å². The zero-order valence-electron chi connectivity index (χ0n) is 12.7. The van der Waals surface area contributed by atoms with E-state index in [9.17, 15) is 0 Å². The lowest BCUT2D eigenvalue weighted by Gasteiger charge is -2.30. The van der Waals surface area contributed by atoms with E-state index in [1.54, 1.807) is 7.11 Å². The van der Waals surface area contributed by atoms with Crippen molar-refractivity contribution in [1.29, 1.82) is 0 Å². The first kappa shape index (κ1) is 15.3. The number of hydrogen-bond acceptors (Lipinski definition) is 3. The highest BCUT2D eigenvalue weighted by Gasteiger charge is 2.21. The molecule has 1 heterocycles. The molecule has 0 saturated carbocycles. The van der Waals surface area contributed by atoms with Crippen molar-refractivity contribution >= 4 is 0 Å². The molecular weight excluding hydrogens is 250 g/mol. The predicted molar refractivity (Wildman–Crippen MR) is 82.4 cm³/mol.